The number of carbonyl (C=O) groups is 1. The summed E-state index contributed by atoms with van der Waals surface area (Å²) in [5, 5.41) is 3.01. The van der Waals surface area contributed by atoms with Crippen molar-refractivity contribution < 1.29 is 13.9 Å². The lowest BCUT2D eigenvalue weighted by atomic mass is 10.1. The number of piperazine rings is 1. The van der Waals surface area contributed by atoms with E-state index < -0.39 is 0 Å². The summed E-state index contributed by atoms with van der Waals surface area (Å²) >= 11 is 0. The van der Waals surface area contributed by atoms with Crippen LogP contribution in [0.4, 0.5) is 4.39 Å². The van der Waals surface area contributed by atoms with Crippen molar-refractivity contribution in [1.29, 1.82) is 0 Å². The molecule has 0 spiro atoms. The third-order valence-electron chi connectivity index (χ3n) is 5.19. The summed E-state index contributed by atoms with van der Waals surface area (Å²) in [5.74, 6) is -0.0110. The molecule has 2 aromatic rings. The maximum atomic E-state index is 13.8. The second-order valence-corrected chi connectivity index (χ2v) is 7.22. The molecule has 28 heavy (non-hydrogen) atoms. The molecule has 150 valence electrons. The predicted octanol–water partition coefficient (Wildman–Crippen LogP) is 2.58. The molecule has 3 rings (SSSR count). The molecule has 5 nitrogen and oxygen atoms in total. The van der Waals surface area contributed by atoms with Gasteiger partial charge in [-0.25, -0.2) is 4.39 Å². The molecule has 1 saturated heterocycles. The summed E-state index contributed by atoms with van der Waals surface area (Å²) in [5.41, 5.74) is 3.27. The minimum Gasteiger partial charge on any atom is -0.494 e. The van der Waals surface area contributed by atoms with Crippen molar-refractivity contribution in [2.45, 2.75) is 20.0 Å². The van der Waals surface area contributed by atoms with Gasteiger partial charge in [0.1, 0.15) is 0 Å². The minimum atomic E-state index is -0.330. The van der Waals surface area contributed by atoms with Crippen molar-refractivity contribution in [2.75, 3.05) is 39.8 Å². The summed E-state index contributed by atoms with van der Waals surface area (Å²) in [6.07, 6.45) is 0. The molecule has 0 radical (unpaired) electrons. The first-order valence-electron chi connectivity index (χ1n) is 9.63. The van der Waals surface area contributed by atoms with Crippen LogP contribution in [-0.4, -0.2) is 55.5 Å². The molecule has 0 saturated carbocycles. The number of nitrogens with zero attached hydrogens (tertiary/aromatic N) is 2. The van der Waals surface area contributed by atoms with E-state index in [1.807, 2.05) is 24.3 Å². The molecule has 1 fully saturated rings. The highest BCUT2D eigenvalue weighted by atomic mass is 19.1. The van der Waals surface area contributed by atoms with E-state index in [0.717, 1.165) is 37.3 Å². The van der Waals surface area contributed by atoms with E-state index in [9.17, 15) is 9.18 Å². The van der Waals surface area contributed by atoms with E-state index in [-0.39, 0.29) is 17.5 Å². The SMILES string of the molecule is COc1ccc(CN2CCN(CC(=O)NCc3ccccc3C)CC2)cc1F. The van der Waals surface area contributed by atoms with Gasteiger partial charge in [-0.05, 0) is 35.7 Å². The normalized spacial score (nSPS) is 15.4. The van der Waals surface area contributed by atoms with Crippen LogP contribution in [0.15, 0.2) is 42.5 Å². The standard InChI is InChI=1S/C22H28FN3O2/c1-17-5-3-4-6-19(17)14-24-22(27)16-26-11-9-25(10-12-26)15-18-7-8-21(28-2)20(23)13-18/h3-8,13H,9-12,14-16H2,1-2H3,(H,24,27). The van der Waals surface area contributed by atoms with Crippen LogP contribution in [-0.2, 0) is 17.9 Å². The zero-order valence-corrected chi connectivity index (χ0v) is 16.6. The molecule has 1 N–H and O–H groups in total. The van der Waals surface area contributed by atoms with Crippen molar-refractivity contribution in [3.8, 4) is 5.75 Å². The van der Waals surface area contributed by atoms with Crippen molar-refractivity contribution in [3.63, 3.8) is 0 Å². The maximum absolute atomic E-state index is 13.8. The first kappa shape index (κ1) is 20.3. The van der Waals surface area contributed by atoms with Gasteiger partial charge in [0.25, 0.3) is 0 Å². The van der Waals surface area contributed by atoms with Gasteiger partial charge >= 0.3 is 0 Å². The van der Waals surface area contributed by atoms with Gasteiger partial charge in [-0.15, -0.1) is 0 Å². The fourth-order valence-electron chi connectivity index (χ4n) is 3.43. The lowest BCUT2D eigenvalue weighted by Gasteiger charge is -2.34. The number of methoxy groups -OCH3 is 1. The molecular weight excluding hydrogens is 357 g/mol. The topological polar surface area (TPSA) is 44.8 Å². The van der Waals surface area contributed by atoms with Crippen molar-refractivity contribution in [1.82, 2.24) is 15.1 Å². The van der Waals surface area contributed by atoms with Gasteiger partial charge in [-0.3, -0.25) is 14.6 Å². The molecule has 6 heteroatoms. The molecule has 0 unspecified atom stereocenters. The zero-order valence-electron chi connectivity index (χ0n) is 16.6. The van der Waals surface area contributed by atoms with Gasteiger partial charge in [-0.1, -0.05) is 30.3 Å². The second kappa shape index (κ2) is 9.66. The van der Waals surface area contributed by atoms with Gasteiger partial charge in [0, 0.05) is 39.3 Å². The summed E-state index contributed by atoms with van der Waals surface area (Å²) in [6.45, 7) is 7.11. The number of benzene rings is 2. The van der Waals surface area contributed by atoms with Crippen LogP contribution in [0.25, 0.3) is 0 Å². The Morgan fingerprint density at radius 2 is 1.82 bits per heavy atom. The number of aryl methyl sites for hydroxylation is 1. The van der Waals surface area contributed by atoms with Crippen LogP contribution in [0.5, 0.6) is 5.75 Å². The largest absolute Gasteiger partial charge is 0.494 e. The second-order valence-electron chi connectivity index (χ2n) is 7.22. The van der Waals surface area contributed by atoms with Crippen LogP contribution in [0.3, 0.4) is 0 Å². The van der Waals surface area contributed by atoms with Crippen molar-refractivity contribution in [2.24, 2.45) is 0 Å². The minimum absolute atomic E-state index is 0.0499. The highest BCUT2D eigenvalue weighted by Gasteiger charge is 2.19. The van der Waals surface area contributed by atoms with Gasteiger partial charge in [0.2, 0.25) is 5.91 Å². The summed E-state index contributed by atoms with van der Waals surface area (Å²) in [4.78, 5) is 16.7. The average molecular weight is 385 g/mol. The highest BCUT2D eigenvalue weighted by Crippen LogP contribution is 2.19. The van der Waals surface area contributed by atoms with Gasteiger partial charge in [0.15, 0.2) is 11.6 Å². The number of halogens is 1. The molecule has 1 heterocycles. The fourth-order valence-corrected chi connectivity index (χ4v) is 3.43. The van der Waals surface area contributed by atoms with Crippen LogP contribution in [0, 0.1) is 12.7 Å². The molecule has 0 aromatic heterocycles. The Kier molecular flexibility index (Phi) is 7.01. The van der Waals surface area contributed by atoms with E-state index >= 15 is 0 Å². The first-order valence-corrected chi connectivity index (χ1v) is 9.63. The van der Waals surface area contributed by atoms with E-state index in [1.165, 1.54) is 18.7 Å². The summed E-state index contributed by atoms with van der Waals surface area (Å²) in [7, 11) is 1.47. The molecule has 0 atom stereocenters. The smallest absolute Gasteiger partial charge is 0.234 e. The van der Waals surface area contributed by atoms with Crippen molar-refractivity contribution >= 4 is 5.91 Å². The summed E-state index contributed by atoms with van der Waals surface area (Å²) in [6, 6.07) is 13.2. The maximum Gasteiger partial charge on any atom is 0.234 e. The number of ether oxygens (including phenoxy) is 1. The Morgan fingerprint density at radius 1 is 1.11 bits per heavy atom. The zero-order chi connectivity index (χ0) is 19.9. The Hall–Kier alpha value is -2.44. The number of nitrogens with one attached hydrogen (secondary N) is 1. The van der Waals surface area contributed by atoms with E-state index in [2.05, 4.69) is 28.1 Å². The number of rotatable bonds is 7. The van der Waals surface area contributed by atoms with Crippen LogP contribution < -0.4 is 10.1 Å². The van der Waals surface area contributed by atoms with E-state index in [4.69, 9.17) is 4.74 Å². The molecule has 1 aliphatic heterocycles. The Morgan fingerprint density at radius 3 is 2.50 bits per heavy atom. The molecule has 1 amide bonds. The molecule has 0 bridgehead atoms. The third-order valence-corrected chi connectivity index (χ3v) is 5.19. The first-order chi connectivity index (χ1) is 13.5. The molecule has 1 aliphatic rings. The van der Waals surface area contributed by atoms with Gasteiger partial charge in [0.05, 0.1) is 13.7 Å². The van der Waals surface area contributed by atoms with E-state index in [1.54, 1.807) is 6.07 Å². The Balaban J connectivity index is 1.40. The highest BCUT2D eigenvalue weighted by molar-refractivity contribution is 5.78. The number of hydrogen-bond acceptors (Lipinski definition) is 4. The van der Waals surface area contributed by atoms with Gasteiger partial charge in [-0.2, -0.15) is 0 Å². The number of amides is 1. The Labute approximate surface area is 166 Å². The van der Waals surface area contributed by atoms with Crippen LogP contribution in [0.1, 0.15) is 16.7 Å². The molecule has 0 aliphatic carbocycles. The van der Waals surface area contributed by atoms with Gasteiger partial charge < -0.3 is 10.1 Å². The lowest BCUT2D eigenvalue weighted by Crippen LogP contribution is -2.49. The predicted molar refractivity (Wildman–Crippen MR) is 108 cm³/mol. The molecule has 2 aromatic carbocycles. The van der Waals surface area contributed by atoms with E-state index in [0.29, 0.717) is 19.6 Å². The fraction of sp³-hybridized carbons (Fsp3) is 0.409. The van der Waals surface area contributed by atoms with Crippen molar-refractivity contribution in [3.05, 3.63) is 65.0 Å². The summed E-state index contributed by atoms with van der Waals surface area (Å²) < 4.78 is 18.8. The third kappa shape index (κ3) is 5.53. The monoisotopic (exact) mass is 385 g/mol. The quantitative estimate of drug-likeness (QED) is 0.796. The molecular formula is C22H28FN3O2. The average Bonchev–Trinajstić information content (AvgIpc) is 2.69. The Bertz CT molecular complexity index is 804. The number of carbonyl (C=O) groups excluding carboxylic acids is 1. The number of hydrogen-bond donors (Lipinski definition) is 1. The lowest BCUT2D eigenvalue weighted by molar-refractivity contribution is -0.122. The van der Waals surface area contributed by atoms with Crippen LogP contribution in [0.2, 0.25) is 0 Å². The van der Waals surface area contributed by atoms with Crippen LogP contribution >= 0.6 is 0 Å².